The molecule has 36 heavy (non-hydrogen) atoms. The SMILES string of the molecule is Cc1cc(Oc2ccccc2)ccc1N1C(=O)NC2c3c1ccnc3S[C@@H]2C(=O)NC1CCC(=O)C1. The fourth-order valence-electron chi connectivity index (χ4n) is 5.05. The monoisotopic (exact) mass is 500 g/mol. The number of hydrogen-bond acceptors (Lipinski definition) is 6. The Morgan fingerprint density at radius 2 is 1.94 bits per heavy atom. The normalized spacial score (nSPS) is 22.2. The van der Waals surface area contributed by atoms with Crippen molar-refractivity contribution in [3.63, 3.8) is 0 Å². The second kappa shape index (κ2) is 8.98. The first-order valence-corrected chi connectivity index (χ1v) is 12.8. The fraction of sp³-hybridized carbons (Fsp3) is 0.259. The number of ketones is 1. The van der Waals surface area contributed by atoms with Gasteiger partial charge in [-0.25, -0.2) is 9.78 Å². The van der Waals surface area contributed by atoms with Crippen LogP contribution >= 0.6 is 11.8 Å². The van der Waals surface area contributed by atoms with Gasteiger partial charge in [-0.2, -0.15) is 0 Å². The summed E-state index contributed by atoms with van der Waals surface area (Å²) in [5.41, 5.74) is 3.15. The van der Waals surface area contributed by atoms with E-state index in [9.17, 15) is 14.4 Å². The van der Waals surface area contributed by atoms with Gasteiger partial charge in [-0.05, 0) is 55.3 Å². The van der Waals surface area contributed by atoms with E-state index in [2.05, 4.69) is 15.6 Å². The Labute approximate surface area is 212 Å². The predicted octanol–water partition coefficient (Wildman–Crippen LogP) is 4.80. The number of aromatic nitrogens is 1. The van der Waals surface area contributed by atoms with Gasteiger partial charge < -0.3 is 15.4 Å². The maximum absolute atomic E-state index is 13.4. The van der Waals surface area contributed by atoms with Crippen molar-refractivity contribution in [3.8, 4) is 11.5 Å². The van der Waals surface area contributed by atoms with Gasteiger partial charge in [0, 0.05) is 30.6 Å². The molecule has 3 heterocycles. The highest BCUT2D eigenvalue weighted by Gasteiger charge is 2.47. The Hall–Kier alpha value is -3.85. The highest BCUT2D eigenvalue weighted by molar-refractivity contribution is 8.01. The molecule has 2 unspecified atom stereocenters. The zero-order valence-corrected chi connectivity index (χ0v) is 20.4. The minimum atomic E-state index is -0.543. The summed E-state index contributed by atoms with van der Waals surface area (Å²) in [6, 6.07) is 16.0. The summed E-state index contributed by atoms with van der Waals surface area (Å²) in [7, 11) is 0. The van der Waals surface area contributed by atoms with Crippen molar-refractivity contribution in [2.75, 3.05) is 4.90 Å². The number of carbonyl (C=O) groups excluding carboxylic acids is 3. The molecule has 1 aromatic heterocycles. The van der Waals surface area contributed by atoms with E-state index in [1.807, 2.05) is 61.5 Å². The molecule has 3 atom stereocenters. The van der Waals surface area contributed by atoms with E-state index >= 15 is 0 Å². The maximum Gasteiger partial charge on any atom is 0.327 e. The van der Waals surface area contributed by atoms with Gasteiger partial charge in [0.2, 0.25) is 5.91 Å². The van der Waals surface area contributed by atoms with Crippen LogP contribution < -0.4 is 20.3 Å². The predicted molar refractivity (Wildman–Crippen MR) is 136 cm³/mol. The van der Waals surface area contributed by atoms with Crippen molar-refractivity contribution in [3.05, 3.63) is 71.9 Å². The minimum Gasteiger partial charge on any atom is -0.457 e. The van der Waals surface area contributed by atoms with E-state index < -0.39 is 11.3 Å². The summed E-state index contributed by atoms with van der Waals surface area (Å²) in [5, 5.41) is 6.22. The fourth-order valence-corrected chi connectivity index (χ4v) is 6.29. The Balaban J connectivity index is 1.28. The Morgan fingerprint density at radius 1 is 1.11 bits per heavy atom. The molecule has 0 radical (unpaired) electrons. The van der Waals surface area contributed by atoms with Gasteiger partial charge in [0.25, 0.3) is 0 Å². The van der Waals surface area contributed by atoms with Crippen molar-refractivity contribution >= 4 is 40.9 Å². The molecule has 3 amide bonds. The van der Waals surface area contributed by atoms with E-state index in [4.69, 9.17) is 4.74 Å². The van der Waals surface area contributed by atoms with Crippen LogP contribution in [0.25, 0.3) is 0 Å². The molecule has 0 saturated heterocycles. The van der Waals surface area contributed by atoms with E-state index in [1.54, 1.807) is 11.1 Å². The third kappa shape index (κ3) is 3.99. The molecule has 2 N–H and O–H groups in total. The lowest BCUT2D eigenvalue weighted by Crippen LogP contribution is -2.50. The smallest absolute Gasteiger partial charge is 0.327 e. The van der Waals surface area contributed by atoms with Crippen molar-refractivity contribution in [2.45, 2.75) is 48.5 Å². The summed E-state index contributed by atoms with van der Waals surface area (Å²) in [5.74, 6) is 1.40. The van der Waals surface area contributed by atoms with Gasteiger partial charge in [0.15, 0.2) is 0 Å². The molecule has 0 bridgehead atoms. The van der Waals surface area contributed by atoms with Crippen LogP contribution in [0.1, 0.15) is 36.4 Å². The van der Waals surface area contributed by atoms with Crippen molar-refractivity contribution in [2.24, 2.45) is 0 Å². The third-order valence-electron chi connectivity index (χ3n) is 6.74. The number of urea groups is 1. The third-order valence-corrected chi connectivity index (χ3v) is 8.03. The summed E-state index contributed by atoms with van der Waals surface area (Å²) in [6.07, 6.45) is 3.19. The minimum absolute atomic E-state index is 0.142. The lowest BCUT2D eigenvalue weighted by molar-refractivity contribution is -0.121. The van der Waals surface area contributed by atoms with Crippen LogP contribution in [0.3, 0.4) is 0 Å². The molecule has 9 heteroatoms. The van der Waals surface area contributed by atoms with Gasteiger partial charge in [-0.3, -0.25) is 14.5 Å². The summed E-state index contributed by atoms with van der Waals surface area (Å²) in [4.78, 5) is 44.3. The standard InChI is InChI=1S/C27H24N4O4S/c1-15-13-19(35-18-5-3-2-4-6-18)9-10-20(15)31-21-11-12-28-26-22(21)23(30-27(31)34)24(36-26)25(33)29-16-7-8-17(32)14-16/h2-6,9-13,16,23-24H,7-8,14H2,1H3,(H,29,33)(H,30,34)/t16?,23?,24-/m0/s1. The number of Topliss-reactive ketones (excluding diaryl/α,β-unsaturated/α-hetero) is 1. The van der Waals surface area contributed by atoms with Crippen LogP contribution in [-0.2, 0) is 9.59 Å². The average Bonchev–Trinajstić information content (AvgIpc) is 3.44. The number of anilines is 2. The number of ether oxygens (including phenoxy) is 1. The highest BCUT2D eigenvalue weighted by atomic mass is 32.2. The molecule has 1 saturated carbocycles. The molecule has 182 valence electrons. The first-order chi connectivity index (χ1) is 17.5. The van der Waals surface area contributed by atoms with E-state index in [1.165, 1.54) is 11.8 Å². The van der Waals surface area contributed by atoms with Crippen molar-refractivity contribution < 1.29 is 19.1 Å². The van der Waals surface area contributed by atoms with Crippen molar-refractivity contribution in [1.82, 2.24) is 15.6 Å². The van der Waals surface area contributed by atoms with Crippen LogP contribution in [-0.4, -0.2) is 34.0 Å². The molecule has 2 aromatic carbocycles. The number of nitrogens with one attached hydrogen (secondary N) is 2. The van der Waals surface area contributed by atoms with Gasteiger partial charge >= 0.3 is 6.03 Å². The van der Waals surface area contributed by atoms with Gasteiger partial charge in [0.1, 0.15) is 27.6 Å². The Bertz CT molecular complexity index is 1380. The van der Waals surface area contributed by atoms with E-state index in [0.717, 1.165) is 27.6 Å². The topological polar surface area (TPSA) is 101 Å². The highest BCUT2D eigenvalue weighted by Crippen LogP contribution is 2.51. The summed E-state index contributed by atoms with van der Waals surface area (Å²) >= 11 is 1.35. The summed E-state index contributed by atoms with van der Waals surface area (Å²) < 4.78 is 5.95. The second-order valence-corrected chi connectivity index (χ2v) is 10.3. The molecule has 0 spiro atoms. The number of para-hydroxylation sites is 1. The lowest BCUT2D eigenvalue weighted by atomic mass is 9.99. The number of hydrogen-bond donors (Lipinski definition) is 2. The maximum atomic E-state index is 13.4. The zero-order valence-electron chi connectivity index (χ0n) is 19.6. The number of amides is 3. The van der Waals surface area contributed by atoms with Crippen molar-refractivity contribution in [1.29, 1.82) is 0 Å². The van der Waals surface area contributed by atoms with Gasteiger partial charge in [-0.15, -0.1) is 0 Å². The molecule has 3 aromatic rings. The zero-order chi connectivity index (χ0) is 24.8. The molecule has 2 aliphatic heterocycles. The molecule has 1 aliphatic carbocycles. The molecule has 8 nitrogen and oxygen atoms in total. The van der Waals surface area contributed by atoms with Crippen LogP contribution in [0.15, 0.2) is 65.8 Å². The van der Waals surface area contributed by atoms with Gasteiger partial charge in [0.05, 0.1) is 17.4 Å². The number of carbonyl (C=O) groups is 3. The molecular formula is C27H24N4O4S. The summed E-state index contributed by atoms with van der Waals surface area (Å²) in [6.45, 7) is 1.93. The first-order valence-electron chi connectivity index (χ1n) is 11.9. The Kier molecular flexibility index (Phi) is 5.64. The first kappa shape index (κ1) is 22.6. The molecule has 1 fully saturated rings. The molecular weight excluding hydrogens is 476 g/mol. The number of benzene rings is 2. The largest absolute Gasteiger partial charge is 0.457 e. The molecule has 6 rings (SSSR count). The van der Waals surface area contributed by atoms with Crippen LogP contribution in [0.4, 0.5) is 16.2 Å². The second-order valence-electron chi connectivity index (χ2n) is 9.20. The van der Waals surface area contributed by atoms with Crippen LogP contribution in [0.2, 0.25) is 0 Å². The number of rotatable bonds is 5. The number of pyridine rings is 1. The number of nitrogens with zero attached hydrogens (tertiary/aromatic N) is 2. The van der Waals surface area contributed by atoms with Crippen LogP contribution in [0.5, 0.6) is 11.5 Å². The van der Waals surface area contributed by atoms with E-state index in [-0.39, 0.29) is 23.8 Å². The molecule has 3 aliphatic rings. The van der Waals surface area contributed by atoms with E-state index in [0.29, 0.717) is 30.7 Å². The Morgan fingerprint density at radius 3 is 2.69 bits per heavy atom. The van der Waals surface area contributed by atoms with Gasteiger partial charge in [-0.1, -0.05) is 30.0 Å². The number of aryl methyl sites for hydroxylation is 1. The average molecular weight is 501 g/mol. The quantitative estimate of drug-likeness (QED) is 0.522. The lowest BCUT2D eigenvalue weighted by Gasteiger charge is -2.35. The number of thioether (sulfide) groups is 1. The van der Waals surface area contributed by atoms with Crippen LogP contribution in [0, 0.1) is 6.92 Å².